The molecule has 1 amide bonds. The van der Waals surface area contributed by atoms with E-state index in [1.807, 2.05) is 36.4 Å². The number of carbonyl (C=O) groups is 2. The van der Waals surface area contributed by atoms with Crippen molar-refractivity contribution in [1.29, 1.82) is 0 Å². The summed E-state index contributed by atoms with van der Waals surface area (Å²) in [5.74, 6) is 0.113. The van der Waals surface area contributed by atoms with Crippen LogP contribution in [0.5, 0.6) is 0 Å². The lowest BCUT2D eigenvalue weighted by molar-refractivity contribution is -0.146. The van der Waals surface area contributed by atoms with Gasteiger partial charge in [0.05, 0.1) is 11.0 Å². The minimum Gasteiger partial charge on any atom is -0.455 e. The largest absolute Gasteiger partial charge is 0.455 e. The molecule has 0 spiro atoms. The van der Waals surface area contributed by atoms with Gasteiger partial charge in [-0.3, -0.25) is 9.59 Å². The Balaban J connectivity index is 1.49. The quantitative estimate of drug-likeness (QED) is 0.637. The summed E-state index contributed by atoms with van der Waals surface area (Å²) in [7, 11) is 0. The Morgan fingerprint density at radius 1 is 1.00 bits per heavy atom. The third-order valence-electron chi connectivity index (χ3n) is 5.39. The number of hydrogen-bond donors (Lipinski definition) is 1. The Labute approximate surface area is 177 Å². The number of ether oxygens (including phenoxy) is 1. The summed E-state index contributed by atoms with van der Waals surface area (Å²) in [6.45, 7) is 1.96. The maximum atomic E-state index is 12.2. The van der Waals surface area contributed by atoms with Crippen molar-refractivity contribution in [3.05, 3.63) is 71.8 Å². The lowest BCUT2D eigenvalue weighted by Crippen LogP contribution is -2.43. The Kier molecular flexibility index (Phi) is 8.17. The van der Waals surface area contributed by atoms with Gasteiger partial charge in [-0.25, -0.2) is 0 Å². The van der Waals surface area contributed by atoms with Crippen molar-refractivity contribution in [1.82, 2.24) is 5.32 Å². The van der Waals surface area contributed by atoms with Crippen LogP contribution in [0, 0.1) is 5.92 Å². The van der Waals surface area contributed by atoms with Gasteiger partial charge in [-0.2, -0.15) is 0 Å². The fraction of sp³-hybridized carbons (Fsp3) is 0.417. The predicted molar refractivity (Wildman–Crippen MR) is 118 cm³/mol. The first-order valence-corrected chi connectivity index (χ1v) is 11.3. The van der Waals surface area contributed by atoms with Crippen LogP contribution in [0.15, 0.2) is 60.7 Å². The zero-order valence-electron chi connectivity index (χ0n) is 16.9. The maximum absolute atomic E-state index is 12.2. The van der Waals surface area contributed by atoms with Crippen LogP contribution in [0.3, 0.4) is 0 Å². The fourth-order valence-electron chi connectivity index (χ4n) is 3.76. The molecule has 0 unspecified atom stereocenters. The molecule has 2 aromatic carbocycles. The molecule has 0 saturated heterocycles. The number of hydrogen-bond acceptors (Lipinski definition) is 4. The van der Waals surface area contributed by atoms with Gasteiger partial charge in [0, 0.05) is 6.04 Å². The molecule has 29 heavy (non-hydrogen) atoms. The minimum absolute atomic E-state index is 0.0434. The molecule has 0 heterocycles. The van der Waals surface area contributed by atoms with Gasteiger partial charge in [0.25, 0.3) is 5.91 Å². The lowest BCUT2D eigenvalue weighted by Gasteiger charge is -2.29. The highest BCUT2D eigenvalue weighted by Crippen LogP contribution is 2.35. The number of benzene rings is 2. The fourth-order valence-corrected chi connectivity index (χ4v) is 4.84. The van der Waals surface area contributed by atoms with E-state index in [0.29, 0.717) is 5.92 Å². The van der Waals surface area contributed by atoms with Gasteiger partial charge < -0.3 is 10.1 Å². The monoisotopic (exact) mass is 411 g/mol. The molecule has 2 atom stereocenters. The first-order chi connectivity index (χ1) is 14.1. The van der Waals surface area contributed by atoms with E-state index in [4.69, 9.17) is 4.74 Å². The molecule has 1 aliphatic carbocycles. The van der Waals surface area contributed by atoms with Crippen molar-refractivity contribution in [2.24, 2.45) is 5.92 Å². The average Bonchev–Trinajstić information content (AvgIpc) is 2.75. The van der Waals surface area contributed by atoms with Crippen molar-refractivity contribution in [2.45, 2.75) is 43.9 Å². The number of rotatable bonds is 8. The summed E-state index contributed by atoms with van der Waals surface area (Å²) in [5, 5.41) is 3.06. The Morgan fingerprint density at radius 2 is 1.59 bits per heavy atom. The Morgan fingerprint density at radius 3 is 2.17 bits per heavy atom. The van der Waals surface area contributed by atoms with Crippen LogP contribution in [0.4, 0.5) is 0 Å². The van der Waals surface area contributed by atoms with Crippen molar-refractivity contribution in [2.75, 3.05) is 12.4 Å². The van der Waals surface area contributed by atoms with Crippen molar-refractivity contribution >= 4 is 23.6 Å². The minimum atomic E-state index is -0.362. The predicted octanol–water partition coefficient (Wildman–Crippen LogP) is 4.75. The van der Waals surface area contributed by atoms with Gasteiger partial charge >= 0.3 is 5.97 Å². The lowest BCUT2D eigenvalue weighted by atomic mass is 9.86. The summed E-state index contributed by atoms with van der Waals surface area (Å²) < 4.78 is 5.23. The molecule has 154 valence electrons. The highest BCUT2D eigenvalue weighted by atomic mass is 32.2. The standard InChI is InChI=1S/C24H29NO3S/c1-18-10-8-9-15-21(18)25-22(26)16-28-23(27)17-29-24(19-11-4-2-5-12-19)20-13-6-3-7-14-20/h2-7,11-14,18,21,24H,8-10,15-17H2,1H3,(H,25,26)/t18-,21+/m0/s1. The number of carbonyl (C=O) groups excluding carboxylic acids is 2. The summed E-state index contributed by atoms with van der Waals surface area (Å²) in [5.41, 5.74) is 2.28. The van der Waals surface area contributed by atoms with Gasteiger partial charge in [-0.15, -0.1) is 11.8 Å². The zero-order chi connectivity index (χ0) is 20.5. The second-order valence-electron chi connectivity index (χ2n) is 7.61. The van der Waals surface area contributed by atoms with Crippen molar-refractivity contribution in [3.63, 3.8) is 0 Å². The maximum Gasteiger partial charge on any atom is 0.316 e. The van der Waals surface area contributed by atoms with E-state index in [0.717, 1.165) is 30.4 Å². The summed E-state index contributed by atoms with van der Waals surface area (Å²) in [4.78, 5) is 24.4. The molecule has 1 fully saturated rings. The van der Waals surface area contributed by atoms with E-state index < -0.39 is 0 Å². The summed E-state index contributed by atoms with van der Waals surface area (Å²) in [6.07, 6.45) is 4.52. The van der Waals surface area contributed by atoms with E-state index in [9.17, 15) is 9.59 Å². The van der Waals surface area contributed by atoms with Crippen LogP contribution in [0.25, 0.3) is 0 Å². The second-order valence-corrected chi connectivity index (χ2v) is 8.70. The molecule has 1 N–H and O–H groups in total. The molecule has 2 aromatic rings. The Bertz CT molecular complexity index is 742. The third kappa shape index (κ3) is 6.64. The van der Waals surface area contributed by atoms with Crippen molar-refractivity contribution < 1.29 is 14.3 Å². The molecule has 5 heteroatoms. The molecule has 3 rings (SSSR count). The molecule has 4 nitrogen and oxygen atoms in total. The average molecular weight is 412 g/mol. The first kappa shape index (κ1) is 21.4. The highest BCUT2D eigenvalue weighted by Gasteiger charge is 2.23. The third-order valence-corrected chi connectivity index (χ3v) is 6.67. The van der Waals surface area contributed by atoms with E-state index in [1.165, 1.54) is 18.2 Å². The number of nitrogens with one attached hydrogen (secondary N) is 1. The SMILES string of the molecule is C[C@H]1CCCC[C@H]1NC(=O)COC(=O)CSC(c1ccccc1)c1ccccc1. The van der Waals surface area contributed by atoms with Gasteiger partial charge in [-0.1, -0.05) is 80.4 Å². The van der Waals surface area contributed by atoms with Crippen molar-refractivity contribution in [3.8, 4) is 0 Å². The molecule has 0 radical (unpaired) electrons. The van der Waals surface area contributed by atoms with E-state index in [2.05, 4.69) is 36.5 Å². The molecular weight excluding hydrogens is 382 g/mol. The number of esters is 1. The number of thioether (sulfide) groups is 1. The topological polar surface area (TPSA) is 55.4 Å². The molecule has 1 saturated carbocycles. The van der Waals surface area contributed by atoms with Gasteiger partial charge in [0.2, 0.25) is 0 Å². The highest BCUT2D eigenvalue weighted by molar-refractivity contribution is 8.00. The van der Waals surface area contributed by atoms with Crippen LogP contribution in [-0.2, 0) is 14.3 Å². The van der Waals surface area contributed by atoms with Gasteiger partial charge in [0.15, 0.2) is 6.61 Å². The van der Waals surface area contributed by atoms with Gasteiger partial charge in [-0.05, 0) is 29.9 Å². The smallest absolute Gasteiger partial charge is 0.316 e. The molecule has 1 aliphatic rings. The van der Waals surface area contributed by atoms with Crippen LogP contribution in [0.2, 0.25) is 0 Å². The van der Waals surface area contributed by atoms with Gasteiger partial charge in [0.1, 0.15) is 0 Å². The van der Waals surface area contributed by atoms with Crippen LogP contribution in [-0.4, -0.2) is 30.3 Å². The molecule has 0 aromatic heterocycles. The van der Waals surface area contributed by atoms with Crippen LogP contribution >= 0.6 is 11.8 Å². The van der Waals surface area contributed by atoms with Crippen LogP contribution < -0.4 is 5.32 Å². The normalized spacial score (nSPS) is 19.0. The van der Waals surface area contributed by atoms with Crippen LogP contribution in [0.1, 0.15) is 49.0 Å². The Hall–Kier alpha value is -2.27. The van der Waals surface area contributed by atoms with E-state index in [-0.39, 0.29) is 35.5 Å². The zero-order valence-corrected chi connectivity index (χ0v) is 17.7. The molecule has 0 aliphatic heterocycles. The van der Waals surface area contributed by atoms with E-state index >= 15 is 0 Å². The summed E-state index contributed by atoms with van der Waals surface area (Å²) in [6, 6.07) is 20.4. The molecular formula is C24H29NO3S. The summed E-state index contributed by atoms with van der Waals surface area (Å²) >= 11 is 1.52. The van der Waals surface area contributed by atoms with E-state index in [1.54, 1.807) is 0 Å². The second kappa shape index (κ2) is 11.1. The number of amides is 1. The molecule has 0 bridgehead atoms. The first-order valence-electron chi connectivity index (χ1n) is 10.3.